The van der Waals surface area contributed by atoms with Gasteiger partial charge in [0.15, 0.2) is 0 Å². The number of benzene rings is 6. The average Bonchev–Trinajstić information content (AvgIpc) is 3.73. The fourth-order valence-electron chi connectivity index (χ4n) is 6.51. The van der Waals surface area contributed by atoms with Gasteiger partial charge in [-0.3, -0.25) is 4.57 Å². The minimum Gasteiger partial charge on any atom is -0.292 e. The third-order valence-electron chi connectivity index (χ3n) is 8.62. The molecular weight excluding hydrogens is 579 g/mol. The van der Waals surface area contributed by atoms with Gasteiger partial charge in [0.25, 0.3) is 0 Å². The first-order chi connectivity index (χ1) is 22.8. The van der Waals surface area contributed by atoms with Crippen LogP contribution in [0.4, 0.5) is 0 Å². The Morgan fingerprint density at radius 2 is 1.04 bits per heavy atom. The number of imidazole rings is 1. The molecule has 0 N–H and O–H groups in total. The molecule has 0 aliphatic heterocycles. The zero-order valence-corrected chi connectivity index (χ0v) is 25.7. The number of aromatic nitrogens is 3. The quantitative estimate of drug-likeness (QED) is 0.195. The van der Waals surface area contributed by atoms with Crippen molar-refractivity contribution in [1.29, 1.82) is 0 Å². The van der Waals surface area contributed by atoms with Crippen LogP contribution in [0.1, 0.15) is 0 Å². The number of nitrogens with zero attached hydrogens (tertiary/aromatic N) is 3. The number of pyridine rings is 1. The number of thiophene rings is 1. The van der Waals surface area contributed by atoms with E-state index >= 15 is 0 Å². The van der Waals surface area contributed by atoms with Gasteiger partial charge in [-0.1, -0.05) is 133 Å². The summed E-state index contributed by atoms with van der Waals surface area (Å²) in [6.07, 6.45) is 0. The Morgan fingerprint density at radius 1 is 0.457 bits per heavy atom. The maximum absolute atomic E-state index is 5.23. The van der Waals surface area contributed by atoms with Gasteiger partial charge in [0, 0.05) is 38.0 Å². The second-order valence-electron chi connectivity index (χ2n) is 11.4. The fourth-order valence-corrected chi connectivity index (χ4v) is 7.87. The largest absolute Gasteiger partial charge is 0.292 e. The van der Waals surface area contributed by atoms with Crippen LogP contribution in [0.15, 0.2) is 164 Å². The molecule has 0 saturated carbocycles. The monoisotopic (exact) mass is 605 g/mol. The summed E-state index contributed by atoms with van der Waals surface area (Å²) in [7, 11) is 0. The van der Waals surface area contributed by atoms with Crippen LogP contribution in [-0.4, -0.2) is 14.5 Å². The van der Waals surface area contributed by atoms with Gasteiger partial charge in [-0.05, 0) is 41.5 Å². The molecule has 0 saturated heterocycles. The Hall–Kier alpha value is -5.84. The van der Waals surface area contributed by atoms with Crippen LogP contribution in [-0.2, 0) is 0 Å². The Labute approximate surface area is 270 Å². The Balaban J connectivity index is 1.30. The topological polar surface area (TPSA) is 30.7 Å². The van der Waals surface area contributed by atoms with E-state index in [1.54, 1.807) is 0 Å². The molecule has 0 amide bonds. The lowest BCUT2D eigenvalue weighted by molar-refractivity contribution is 1.10. The molecule has 46 heavy (non-hydrogen) atoms. The van der Waals surface area contributed by atoms with Crippen molar-refractivity contribution >= 4 is 43.4 Å². The molecule has 9 aromatic rings. The van der Waals surface area contributed by atoms with E-state index in [-0.39, 0.29) is 0 Å². The van der Waals surface area contributed by atoms with E-state index in [2.05, 4.69) is 162 Å². The summed E-state index contributed by atoms with van der Waals surface area (Å²) in [4.78, 5) is 11.6. The predicted octanol–water partition coefficient (Wildman–Crippen LogP) is 11.5. The van der Waals surface area contributed by atoms with Crippen molar-refractivity contribution < 1.29 is 0 Å². The lowest BCUT2D eigenvalue weighted by Gasteiger charge is -2.12. The number of fused-ring (bicyclic) bond motifs is 4. The highest BCUT2D eigenvalue weighted by molar-refractivity contribution is 7.23. The lowest BCUT2D eigenvalue weighted by atomic mass is 9.95. The third kappa shape index (κ3) is 4.34. The van der Waals surface area contributed by atoms with Crippen LogP contribution in [0.25, 0.3) is 81.9 Å². The van der Waals surface area contributed by atoms with Crippen molar-refractivity contribution in [3.8, 4) is 49.9 Å². The molecule has 9 rings (SSSR count). The maximum atomic E-state index is 5.23. The Morgan fingerprint density at radius 3 is 1.78 bits per heavy atom. The summed E-state index contributed by atoms with van der Waals surface area (Å²) in [6.45, 7) is 0. The molecule has 3 nitrogen and oxygen atoms in total. The first-order valence-corrected chi connectivity index (χ1v) is 16.2. The minimum absolute atomic E-state index is 0.929. The van der Waals surface area contributed by atoms with Crippen molar-refractivity contribution in [1.82, 2.24) is 14.5 Å². The molecule has 3 aromatic heterocycles. The summed E-state index contributed by atoms with van der Waals surface area (Å²) in [5.41, 5.74) is 11.0. The summed E-state index contributed by atoms with van der Waals surface area (Å²) in [6, 6.07) is 57.6. The predicted molar refractivity (Wildman–Crippen MR) is 193 cm³/mol. The normalized spacial score (nSPS) is 11.5. The smallest absolute Gasteiger partial charge is 0.145 e. The van der Waals surface area contributed by atoms with Gasteiger partial charge < -0.3 is 0 Å². The second kappa shape index (κ2) is 11.0. The van der Waals surface area contributed by atoms with E-state index in [4.69, 9.17) is 9.97 Å². The van der Waals surface area contributed by atoms with Gasteiger partial charge in [0.05, 0.1) is 26.9 Å². The fraction of sp³-hybridized carbons (Fsp3) is 0. The molecule has 0 aliphatic carbocycles. The molecule has 6 aromatic carbocycles. The van der Waals surface area contributed by atoms with E-state index in [0.29, 0.717) is 0 Å². The Bertz CT molecular complexity index is 2500. The van der Waals surface area contributed by atoms with E-state index in [1.165, 1.54) is 37.0 Å². The first-order valence-electron chi connectivity index (χ1n) is 15.4. The zero-order valence-electron chi connectivity index (χ0n) is 24.8. The highest BCUT2D eigenvalue weighted by Crippen LogP contribution is 2.50. The first kappa shape index (κ1) is 26.6. The van der Waals surface area contributed by atoms with Gasteiger partial charge in [-0.25, -0.2) is 9.97 Å². The minimum atomic E-state index is 0.929. The van der Waals surface area contributed by atoms with Crippen molar-refractivity contribution in [3.05, 3.63) is 164 Å². The molecule has 216 valence electrons. The second-order valence-corrected chi connectivity index (χ2v) is 12.4. The zero-order chi connectivity index (χ0) is 30.5. The summed E-state index contributed by atoms with van der Waals surface area (Å²) < 4.78 is 3.46. The molecule has 4 heteroatoms. The summed E-state index contributed by atoms with van der Waals surface area (Å²) in [5.74, 6) is 0.929. The van der Waals surface area contributed by atoms with Crippen molar-refractivity contribution in [3.63, 3.8) is 0 Å². The standard InChI is InChI=1S/C42H27N3S/c1-4-14-29(15-5-1)39-41-38(33-20-10-11-21-34(33)43-39)37(40(46-41)30-16-6-2-7-17-30)28-24-26-31(27-25-28)42-44-35-22-12-13-23-36(35)45(42)32-18-8-3-9-19-32/h1-27H. The highest BCUT2D eigenvalue weighted by atomic mass is 32.1. The van der Waals surface area contributed by atoms with Crippen molar-refractivity contribution in [2.75, 3.05) is 0 Å². The van der Waals surface area contributed by atoms with Gasteiger partial charge in [-0.15, -0.1) is 11.3 Å². The maximum Gasteiger partial charge on any atom is 0.145 e. The van der Waals surface area contributed by atoms with Crippen LogP contribution in [0.5, 0.6) is 0 Å². The van der Waals surface area contributed by atoms with E-state index in [0.717, 1.165) is 44.9 Å². The molecule has 0 bridgehead atoms. The summed E-state index contributed by atoms with van der Waals surface area (Å²) in [5, 5.41) is 2.41. The number of hydrogen-bond donors (Lipinski definition) is 0. The molecule has 3 heterocycles. The average molecular weight is 606 g/mol. The number of rotatable bonds is 5. The summed E-state index contributed by atoms with van der Waals surface area (Å²) >= 11 is 1.83. The van der Waals surface area contributed by atoms with Crippen LogP contribution in [0, 0.1) is 0 Å². The molecule has 0 spiro atoms. The van der Waals surface area contributed by atoms with Gasteiger partial charge in [0.1, 0.15) is 5.82 Å². The van der Waals surface area contributed by atoms with Gasteiger partial charge in [0.2, 0.25) is 0 Å². The van der Waals surface area contributed by atoms with Crippen LogP contribution in [0.2, 0.25) is 0 Å². The van der Waals surface area contributed by atoms with Crippen LogP contribution < -0.4 is 0 Å². The van der Waals surface area contributed by atoms with Crippen LogP contribution in [0.3, 0.4) is 0 Å². The highest BCUT2D eigenvalue weighted by Gasteiger charge is 2.22. The van der Waals surface area contributed by atoms with Gasteiger partial charge >= 0.3 is 0 Å². The van der Waals surface area contributed by atoms with Crippen molar-refractivity contribution in [2.45, 2.75) is 0 Å². The molecule has 0 aliphatic rings. The van der Waals surface area contributed by atoms with E-state index in [1.807, 2.05) is 17.4 Å². The number of para-hydroxylation sites is 4. The third-order valence-corrected chi connectivity index (χ3v) is 9.86. The Kier molecular flexibility index (Phi) is 6.32. The molecule has 0 fully saturated rings. The molecular formula is C42H27N3S. The van der Waals surface area contributed by atoms with Crippen molar-refractivity contribution in [2.24, 2.45) is 0 Å². The molecule has 0 radical (unpaired) electrons. The van der Waals surface area contributed by atoms with Crippen LogP contribution >= 0.6 is 11.3 Å². The van der Waals surface area contributed by atoms with E-state index < -0.39 is 0 Å². The van der Waals surface area contributed by atoms with E-state index in [9.17, 15) is 0 Å². The lowest BCUT2D eigenvalue weighted by Crippen LogP contribution is -1.97. The molecule has 0 atom stereocenters. The SMILES string of the molecule is c1ccc(-c2sc3c(-c4ccccc4)nc4ccccc4c3c2-c2ccc(-c3nc4ccccc4n3-c3ccccc3)cc2)cc1. The van der Waals surface area contributed by atoms with Gasteiger partial charge in [-0.2, -0.15) is 0 Å². The molecule has 0 unspecified atom stereocenters. The number of hydrogen-bond acceptors (Lipinski definition) is 3.